The van der Waals surface area contributed by atoms with Crippen molar-refractivity contribution < 1.29 is 4.57 Å². The lowest BCUT2D eigenvalue weighted by atomic mass is 10.1. The van der Waals surface area contributed by atoms with Crippen LogP contribution < -0.4 is 4.57 Å². The lowest BCUT2D eigenvalue weighted by molar-refractivity contribution is -0.688. The SMILES string of the molecule is N=Cc1ccc(C[n+]2ccccc2)cc1. The molecule has 0 unspecified atom stereocenters. The molecule has 1 N–H and O–H groups in total. The van der Waals surface area contributed by atoms with Gasteiger partial charge in [0.1, 0.15) is 0 Å². The number of nitrogens with one attached hydrogen (secondary N) is 1. The van der Waals surface area contributed by atoms with Crippen molar-refractivity contribution in [2.24, 2.45) is 0 Å². The Labute approximate surface area is 89.3 Å². The van der Waals surface area contributed by atoms with Gasteiger partial charge in [0.25, 0.3) is 0 Å². The normalized spacial score (nSPS) is 9.87. The van der Waals surface area contributed by atoms with Crippen LogP contribution in [0.2, 0.25) is 0 Å². The van der Waals surface area contributed by atoms with Gasteiger partial charge in [-0.2, -0.15) is 0 Å². The number of hydrogen-bond donors (Lipinski definition) is 1. The van der Waals surface area contributed by atoms with Crippen molar-refractivity contribution in [2.45, 2.75) is 6.54 Å². The number of nitrogens with zero attached hydrogens (tertiary/aromatic N) is 1. The van der Waals surface area contributed by atoms with E-state index in [1.54, 1.807) is 0 Å². The third kappa shape index (κ3) is 2.50. The summed E-state index contributed by atoms with van der Waals surface area (Å²) in [6.07, 6.45) is 5.45. The van der Waals surface area contributed by atoms with Gasteiger partial charge in [-0.1, -0.05) is 30.3 Å². The van der Waals surface area contributed by atoms with Crippen molar-refractivity contribution in [3.8, 4) is 0 Å². The molecule has 0 fully saturated rings. The first kappa shape index (κ1) is 9.59. The molecule has 0 spiro atoms. The van der Waals surface area contributed by atoms with E-state index in [0.29, 0.717) is 0 Å². The molecule has 0 atom stereocenters. The van der Waals surface area contributed by atoms with E-state index in [-0.39, 0.29) is 0 Å². The van der Waals surface area contributed by atoms with Gasteiger partial charge in [-0.05, 0) is 5.56 Å². The molecule has 74 valence electrons. The van der Waals surface area contributed by atoms with Gasteiger partial charge in [0.15, 0.2) is 18.9 Å². The van der Waals surface area contributed by atoms with E-state index in [4.69, 9.17) is 5.41 Å². The summed E-state index contributed by atoms with van der Waals surface area (Å²) in [5.41, 5.74) is 2.19. The van der Waals surface area contributed by atoms with Gasteiger partial charge in [-0.3, -0.25) is 0 Å². The molecule has 2 heteroatoms. The van der Waals surface area contributed by atoms with Gasteiger partial charge < -0.3 is 5.41 Å². The van der Waals surface area contributed by atoms with E-state index in [1.165, 1.54) is 11.8 Å². The van der Waals surface area contributed by atoms with Crippen LogP contribution in [0, 0.1) is 5.41 Å². The zero-order valence-electron chi connectivity index (χ0n) is 8.43. The third-order valence-corrected chi connectivity index (χ3v) is 2.29. The molecule has 0 saturated heterocycles. The molecular formula is C13H13N2+. The Kier molecular flexibility index (Phi) is 2.88. The van der Waals surface area contributed by atoms with Crippen molar-refractivity contribution in [1.29, 1.82) is 5.41 Å². The maximum Gasteiger partial charge on any atom is 0.173 e. The molecule has 2 nitrogen and oxygen atoms in total. The molecule has 15 heavy (non-hydrogen) atoms. The molecule has 0 radical (unpaired) electrons. The standard InChI is InChI=1S/C13H13N2/c14-10-12-4-6-13(7-5-12)11-15-8-2-1-3-9-15/h1-10,14H,11H2/q+1. The Morgan fingerprint density at radius 2 is 1.67 bits per heavy atom. The van der Waals surface area contributed by atoms with Gasteiger partial charge in [0, 0.05) is 23.9 Å². The van der Waals surface area contributed by atoms with Gasteiger partial charge >= 0.3 is 0 Å². The highest BCUT2D eigenvalue weighted by molar-refractivity contribution is 5.76. The second-order valence-electron chi connectivity index (χ2n) is 3.43. The molecule has 0 aliphatic rings. The van der Waals surface area contributed by atoms with E-state index >= 15 is 0 Å². The molecule has 0 saturated carbocycles. The number of pyridine rings is 1. The Morgan fingerprint density at radius 3 is 2.27 bits per heavy atom. The summed E-state index contributed by atoms with van der Waals surface area (Å²) in [6.45, 7) is 0.874. The molecule has 2 rings (SSSR count). The smallest absolute Gasteiger partial charge is 0.173 e. The Bertz CT molecular complexity index is 432. The Hall–Kier alpha value is -1.96. The summed E-state index contributed by atoms with van der Waals surface area (Å²) in [6, 6.07) is 14.1. The predicted molar refractivity (Wildman–Crippen MR) is 60.1 cm³/mol. The van der Waals surface area contributed by atoms with Gasteiger partial charge in [0.2, 0.25) is 0 Å². The van der Waals surface area contributed by atoms with E-state index < -0.39 is 0 Å². The van der Waals surface area contributed by atoms with Crippen molar-refractivity contribution >= 4 is 6.21 Å². The molecule has 0 aliphatic heterocycles. The van der Waals surface area contributed by atoms with Gasteiger partial charge in [-0.15, -0.1) is 0 Å². The first-order chi connectivity index (χ1) is 7.38. The summed E-state index contributed by atoms with van der Waals surface area (Å²) in [7, 11) is 0. The predicted octanol–water partition coefficient (Wildman–Crippen LogP) is 2.02. The average molecular weight is 197 g/mol. The zero-order valence-corrected chi connectivity index (χ0v) is 8.43. The lowest BCUT2D eigenvalue weighted by Crippen LogP contribution is -2.32. The number of rotatable bonds is 3. The summed E-state index contributed by atoms with van der Waals surface area (Å²) in [5, 5.41) is 7.11. The fourth-order valence-corrected chi connectivity index (χ4v) is 1.47. The van der Waals surface area contributed by atoms with E-state index in [2.05, 4.69) is 16.7 Å². The average Bonchev–Trinajstić information content (AvgIpc) is 2.31. The highest BCUT2D eigenvalue weighted by Crippen LogP contribution is 2.01. The summed E-state index contributed by atoms with van der Waals surface area (Å²) in [5.74, 6) is 0. The van der Waals surface area contributed by atoms with Crippen molar-refractivity contribution in [1.82, 2.24) is 0 Å². The monoisotopic (exact) mass is 197 g/mol. The Morgan fingerprint density at radius 1 is 1.00 bits per heavy atom. The van der Waals surface area contributed by atoms with Crippen LogP contribution in [0.5, 0.6) is 0 Å². The lowest BCUT2D eigenvalue weighted by Gasteiger charge is -1.97. The van der Waals surface area contributed by atoms with Crippen LogP contribution in [0.15, 0.2) is 54.9 Å². The van der Waals surface area contributed by atoms with E-state index in [1.807, 2.05) is 42.7 Å². The molecule has 1 aromatic carbocycles. The molecular weight excluding hydrogens is 184 g/mol. The van der Waals surface area contributed by atoms with Crippen LogP contribution >= 0.6 is 0 Å². The molecule has 2 aromatic rings. The van der Waals surface area contributed by atoms with E-state index in [0.717, 1.165) is 12.1 Å². The maximum atomic E-state index is 7.11. The fraction of sp³-hybridized carbons (Fsp3) is 0.0769. The van der Waals surface area contributed by atoms with Crippen molar-refractivity contribution in [3.63, 3.8) is 0 Å². The minimum absolute atomic E-state index is 0.874. The molecule has 0 bridgehead atoms. The highest BCUT2D eigenvalue weighted by Gasteiger charge is 2.00. The fourth-order valence-electron chi connectivity index (χ4n) is 1.47. The molecule has 0 aliphatic carbocycles. The van der Waals surface area contributed by atoms with Gasteiger partial charge in [0.05, 0.1) is 0 Å². The second-order valence-corrected chi connectivity index (χ2v) is 3.43. The summed E-state index contributed by atoms with van der Waals surface area (Å²) in [4.78, 5) is 0. The van der Waals surface area contributed by atoms with Crippen LogP contribution in [0.25, 0.3) is 0 Å². The van der Waals surface area contributed by atoms with Crippen molar-refractivity contribution in [2.75, 3.05) is 0 Å². The first-order valence-corrected chi connectivity index (χ1v) is 4.92. The van der Waals surface area contributed by atoms with Crippen LogP contribution in [0.3, 0.4) is 0 Å². The second kappa shape index (κ2) is 4.51. The van der Waals surface area contributed by atoms with Gasteiger partial charge in [-0.25, -0.2) is 4.57 Å². The third-order valence-electron chi connectivity index (χ3n) is 2.29. The molecule has 1 heterocycles. The quantitative estimate of drug-likeness (QED) is 0.576. The summed E-state index contributed by atoms with van der Waals surface area (Å²) >= 11 is 0. The topological polar surface area (TPSA) is 27.7 Å². The zero-order chi connectivity index (χ0) is 10.5. The van der Waals surface area contributed by atoms with E-state index in [9.17, 15) is 0 Å². The highest BCUT2D eigenvalue weighted by atomic mass is 14.9. The Balaban J connectivity index is 2.15. The van der Waals surface area contributed by atoms with Crippen molar-refractivity contribution in [3.05, 3.63) is 66.0 Å². The minimum Gasteiger partial charge on any atom is -0.308 e. The molecule has 1 aromatic heterocycles. The number of aromatic nitrogens is 1. The van der Waals surface area contributed by atoms with Crippen LogP contribution in [0.1, 0.15) is 11.1 Å². The number of benzene rings is 1. The number of hydrogen-bond acceptors (Lipinski definition) is 1. The first-order valence-electron chi connectivity index (χ1n) is 4.92. The largest absolute Gasteiger partial charge is 0.308 e. The van der Waals surface area contributed by atoms with Crippen LogP contribution in [-0.2, 0) is 6.54 Å². The summed E-state index contributed by atoms with van der Waals surface area (Å²) < 4.78 is 2.12. The van der Waals surface area contributed by atoms with Crippen LogP contribution in [0.4, 0.5) is 0 Å². The molecule has 0 amide bonds. The minimum atomic E-state index is 0.874. The maximum absolute atomic E-state index is 7.11. The van der Waals surface area contributed by atoms with Crippen LogP contribution in [-0.4, -0.2) is 6.21 Å².